The fraction of sp³-hybridized carbons (Fsp3) is 0.269. The van der Waals surface area contributed by atoms with Crippen LogP contribution in [0, 0.1) is 37.9 Å². The fourth-order valence-corrected chi connectivity index (χ4v) is 5.72. The van der Waals surface area contributed by atoms with Gasteiger partial charge in [0.15, 0.2) is 0 Å². The van der Waals surface area contributed by atoms with Crippen molar-refractivity contribution in [3.63, 3.8) is 0 Å². The van der Waals surface area contributed by atoms with Crippen LogP contribution in [0.1, 0.15) is 53.4 Å². The molecule has 9 heteroatoms. The number of hydrogen-bond acceptors (Lipinski definition) is 3. The topological polar surface area (TPSA) is 62.9 Å². The predicted octanol–water partition coefficient (Wildman–Crippen LogP) is 7.02. The number of aryl methyl sites for hydroxylation is 2. The molecule has 0 amide bonds. The van der Waals surface area contributed by atoms with Crippen LogP contribution in [0.5, 0.6) is 0 Å². The Morgan fingerprint density at radius 3 is 2.17 bits per heavy atom. The monoisotopic (exact) mass is 504 g/mol. The van der Waals surface area contributed by atoms with Crippen molar-refractivity contribution in [2.24, 2.45) is 0 Å². The third-order valence-corrected chi connectivity index (χ3v) is 7.74. The number of halogens is 4. The summed E-state index contributed by atoms with van der Waals surface area (Å²) in [5.41, 5.74) is 0.530. The van der Waals surface area contributed by atoms with Gasteiger partial charge >= 0.3 is 6.18 Å². The summed E-state index contributed by atoms with van der Waals surface area (Å²) < 4.78 is 83.0. The van der Waals surface area contributed by atoms with Gasteiger partial charge in [0, 0.05) is 11.4 Å². The van der Waals surface area contributed by atoms with Crippen LogP contribution in [0.3, 0.4) is 0 Å². The van der Waals surface area contributed by atoms with E-state index in [1.165, 1.54) is 17.6 Å². The first-order valence-electron chi connectivity index (χ1n) is 10.7. The maximum Gasteiger partial charge on any atom is 0.418 e. The molecular formula is C26H24F4N2O2S. The summed E-state index contributed by atoms with van der Waals surface area (Å²) in [4.78, 5) is -0.507. The Labute approximate surface area is 202 Å². The van der Waals surface area contributed by atoms with Crippen molar-refractivity contribution in [3.05, 3.63) is 86.8 Å². The van der Waals surface area contributed by atoms with E-state index in [1.54, 1.807) is 58.0 Å². The highest BCUT2D eigenvalue weighted by Crippen LogP contribution is 2.38. The van der Waals surface area contributed by atoms with Crippen LogP contribution in [-0.2, 0) is 16.0 Å². The van der Waals surface area contributed by atoms with Crippen LogP contribution in [0.15, 0.2) is 52.3 Å². The molecular weight excluding hydrogens is 480 g/mol. The highest BCUT2D eigenvalue weighted by atomic mass is 32.2. The van der Waals surface area contributed by atoms with Crippen molar-refractivity contribution in [1.29, 1.82) is 5.26 Å². The molecule has 0 saturated carbocycles. The molecule has 3 aromatic rings. The molecule has 0 aliphatic carbocycles. The maximum atomic E-state index is 13.8. The van der Waals surface area contributed by atoms with Gasteiger partial charge in [-0.15, -0.1) is 0 Å². The molecule has 0 N–H and O–H groups in total. The minimum absolute atomic E-state index is 0.0202. The molecule has 0 bridgehead atoms. The zero-order chi connectivity index (χ0) is 26.3. The summed E-state index contributed by atoms with van der Waals surface area (Å²) in [5, 5.41) is 9.75. The number of rotatable bonds is 5. The predicted molar refractivity (Wildman–Crippen MR) is 126 cm³/mol. The second kappa shape index (κ2) is 9.34. The Bertz CT molecular complexity index is 1450. The number of aromatic nitrogens is 1. The van der Waals surface area contributed by atoms with Crippen molar-refractivity contribution in [3.8, 4) is 11.8 Å². The standard InChI is InChI=1S/C26H24F4N2O2S/c1-15(2)24-12-19(11-21(14-31)35(33,34)25-16(3)7-6-8-17(25)4)18(5)32(24)23-10-9-20(27)13-22(23)26(28,29)30/h6-13,15H,1-5H3/b21-11+. The van der Waals surface area contributed by atoms with Gasteiger partial charge in [0.2, 0.25) is 9.84 Å². The number of alkyl halides is 3. The van der Waals surface area contributed by atoms with E-state index in [9.17, 15) is 31.2 Å². The highest BCUT2D eigenvalue weighted by molar-refractivity contribution is 7.95. The van der Waals surface area contributed by atoms with Gasteiger partial charge in [0.05, 0.1) is 16.1 Å². The van der Waals surface area contributed by atoms with E-state index in [1.807, 2.05) is 0 Å². The van der Waals surface area contributed by atoms with E-state index in [0.717, 1.165) is 12.1 Å². The van der Waals surface area contributed by atoms with Gasteiger partial charge in [-0.1, -0.05) is 32.0 Å². The van der Waals surface area contributed by atoms with Crippen LogP contribution >= 0.6 is 0 Å². The number of nitrogens with zero attached hydrogens (tertiary/aromatic N) is 2. The molecule has 0 aliphatic heterocycles. The Hall–Kier alpha value is -3.38. The Morgan fingerprint density at radius 2 is 1.66 bits per heavy atom. The van der Waals surface area contributed by atoms with Gasteiger partial charge in [0.1, 0.15) is 16.8 Å². The largest absolute Gasteiger partial charge is 0.418 e. The van der Waals surface area contributed by atoms with Crippen LogP contribution in [0.25, 0.3) is 11.8 Å². The zero-order valence-electron chi connectivity index (χ0n) is 19.8. The number of sulfone groups is 1. The quantitative estimate of drug-likeness (QED) is 0.277. The lowest BCUT2D eigenvalue weighted by atomic mass is 10.1. The Morgan fingerprint density at radius 1 is 1.06 bits per heavy atom. The molecule has 1 aromatic heterocycles. The van der Waals surface area contributed by atoms with E-state index in [4.69, 9.17) is 0 Å². The van der Waals surface area contributed by atoms with Crippen LogP contribution in [0.4, 0.5) is 17.6 Å². The molecule has 0 saturated heterocycles. The Kier molecular flexibility index (Phi) is 7.00. The second-order valence-corrected chi connectivity index (χ2v) is 10.5. The van der Waals surface area contributed by atoms with E-state index in [2.05, 4.69) is 0 Å². The smallest absolute Gasteiger partial charge is 0.317 e. The maximum absolute atomic E-state index is 13.8. The summed E-state index contributed by atoms with van der Waals surface area (Å²) in [7, 11) is -4.19. The third-order valence-electron chi connectivity index (χ3n) is 5.78. The van der Waals surface area contributed by atoms with Gasteiger partial charge < -0.3 is 4.57 Å². The van der Waals surface area contributed by atoms with Crippen molar-refractivity contribution in [2.75, 3.05) is 0 Å². The Balaban J connectivity index is 2.30. The first-order valence-corrected chi connectivity index (χ1v) is 12.2. The normalized spacial score (nSPS) is 12.8. The lowest BCUT2D eigenvalue weighted by Gasteiger charge is -2.19. The summed E-state index contributed by atoms with van der Waals surface area (Å²) in [6, 6.07) is 10.7. The number of allylic oxidation sites excluding steroid dienone is 1. The van der Waals surface area contributed by atoms with E-state index >= 15 is 0 Å². The second-order valence-electron chi connectivity index (χ2n) is 8.60. The van der Waals surface area contributed by atoms with Crippen molar-refractivity contribution in [2.45, 2.75) is 51.6 Å². The summed E-state index contributed by atoms with van der Waals surface area (Å²) in [6.07, 6.45) is -3.64. The number of hydrogen-bond donors (Lipinski definition) is 0. The summed E-state index contributed by atoms with van der Waals surface area (Å²) in [6.45, 7) is 8.32. The first-order chi connectivity index (χ1) is 16.2. The lowest BCUT2D eigenvalue weighted by Crippen LogP contribution is -2.14. The van der Waals surface area contributed by atoms with Gasteiger partial charge in [0.25, 0.3) is 0 Å². The molecule has 3 rings (SSSR count). The lowest BCUT2D eigenvalue weighted by molar-refractivity contribution is -0.137. The SMILES string of the molecule is Cc1cccc(C)c1S(=O)(=O)/C(C#N)=C/c1cc(C(C)C)n(-c2ccc(F)cc2C(F)(F)F)c1C. The van der Waals surface area contributed by atoms with Gasteiger partial charge in [-0.05, 0) is 73.7 Å². The van der Waals surface area contributed by atoms with Gasteiger partial charge in [-0.2, -0.15) is 18.4 Å². The van der Waals surface area contributed by atoms with Gasteiger partial charge in [-0.25, -0.2) is 12.8 Å². The van der Waals surface area contributed by atoms with Crippen molar-refractivity contribution in [1.82, 2.24) is 4.57 Å². The molecule has 1 heterocycles. The van der Waals surface area contributed by atoms with Crippen LogP contribution in [-0.4, -0.2) is 13.0 Å². The minimum atomic E-state index is -4.82. The molecule has 35 heavy (non-hydrogen) atoms. The van der Waals surface area contributed by atoms with Gasteiger partial charge in [-0.3, -0.25) is 0 Å². The third kappa shape index (κ3) is 4.89. The molecule has 0 spiro atoms. The van der Waals surface area contributed by atoms with Crippen molar-refractivity contribution >= 4 is 15.9 Å². The summed E-state index contributed by atoms with van der Waals surface area (Å²) in [5.74, 6) is -1.29. The summed E-state index contributed by atoms with van der Waals surface area (Å²) >= 11 is 0. The van der Waals surface area contributed by atoms with E-state index in [-0.39, 0.29) is 27.8 Å². The van der Waals surface area contributed by atoms with E-state index < -0.39 is 32.3 Å². The minimum Gasteiger partial charge on any atom is -0.317 e. The number of nitriles is 1. The van der Waals surface area contributed by atoms with Crippen LogP contribution in [0.2, 0.25) is 0 Å². The van der Waals surface area contributed by atoms with Crippen LogP contribution < -0.4 is 0 Å². The molecule has 0 unspecified atom stereocenters. The molecule has 4 nitrogen and oxygen atoms in total. The molecule has 184 valence electrons. The fourth-order valence-electron chi connectivity index (χ4n) is 4.12. The van der Waals surface area contributed by atoms with Crippen molar-refractivity contribution < 1.29 is 26.0 Å². The average Bonchev–Trinajstić information content (AvgIpc) is 3.07. The first kappa shape index (κ1) is 26.2. The molecule has 0 aliphatic rings. The molecule has 2 aromatic carbocycles. The average molecular weight is 505 g/mol. The zero-order valence-corrected chi connectivity index (χ0v) is 20.6. The van der Waals surface area contributed by atoms with E-state index in [0.29, 0.717) is 22.9 Å². The highest BCUT2D eigenvalue weighted by Gasteiger charge is 2.35. The molecule has 0 radical (unpaired) electrons. The molecule has 0 atom stereocenters. The number of benzene rings is 2. The molecule has 0 fully saturated rings.